The van der Waals surface area contributed by atoms with Crippen LogP contribution in [0.25, 0.3) is 0 Å². The number of thioether (sulfide) groups is 1. The highest BCUT2D eigenvalue weighted by Gasteiger charge is 2.28. The van der Waals surface area contributed by atoms with E-state index in [1.165, 1.54) is 0 Å². The standard InChI is InChI=1S/C25H27N3O3S/c1-17-22(18(2)31-27-17)16-32-23-11-7-6-10-21(23)25(30)28-14-12-19(13-15-28)24(29)26-20-8-4-3-5-9-20/h3-11,19H,12-16H2,1-2H3,(H,26,29). The van der Waals surface area contributed by atoms with Crippen LogP contribution in [0.1, 0.15) is 40.2 Å². The number of hydrogen-bond donors (Lipinski definition) is 1. The average Bonchev–Trinajstić information content (AvgIpc) is 3.15. The second kappa shape index (κ2) is 10.0. The molecule has 0 bridgehead atoms. The monoisotopic (exact) mass is 449 g/mol. The van der Waals surface area contributed by atoms with Crippen molar-refractivity contribution in [2.24, 2.45) is 5.92 Å². The molecule has 4 rings (SSSR count). The van der Waals surface area contributed by atoms with E-state index in [0.717, 1.165) is 27.6 Å². The first-order chi connectivity index (χ1) is 15.5. The molecule has 1 saturated heterocycles. The molecule has 0 unspecified atom stereocenters. The summed E-state index contributed by atoms with van der Waals surface area (Å²) in [5.74, 6) is 1.48. The molecule has 0 saturated carbocycles. The number of carbonyl (C=O) groups is 2. The number of hydrogen-bond acceptors (Lipinski definition) is 5. The molecular weight excluding hydrogens is 422 g/mol. The van der Waals surface area contributed by atoms with Gasteiger partial charge in [0.15, 0.2) is 0 Å². The summed E-state index contributed by atoms with van der Waals surface area (Å²) in [4.78, 5) is 28.7. The molecule has 2 amide bonds. The van der Waals surface area contributed by atoms with E-state index in [0.29, 0.717) is 37.2 Å². The molecule has 1 fully saturated rings. The number of amides is 2. The molecular formula is C25H27N3O3S. The fourth-order valence-corrected chi connectivity index (χ4v) is 5.11. The van der Waals surface area contributed by atoms with Crippen LogP contribution < -0.4 is 5.32 Å². The Labute approximate surface area is 192 Å². The zero-order valence-electron chi connectivity index (χ0n) is 18.3. The van der Waals surface area contributed by atoms with Gasteiger partial charge < -0.3 is 14.7 Å². The van der Waals surface area contributed by atoms with E-state index in [-0.39, 0.29) is 17.7 Å². The van der Waals surface area contributed by atoms with Gasteiger partial charge >= 0.3 is 0 Å². The van der Waals surface area contributed by atoms with Crippen molar-refractivity contribution in [3.63, 3.8) is 0 Å². The molecule has 1 aliphatic rings. The maximum absolute atomic E-state index is 13.3. The number of anilines is 1. The number of benzene rings is 2. The van der Waals surface area contributed by atoms with Gasteiger partial charge in [0.2, 0.25) is 5.91 Å². The highest BCUT2D eigenvalue weighted by molar-refractivity contribution is 7.98. The molecule has 1 N–H and O–H groups in total. The molecule has 7 heteroatoms. The van der Waals surface area contributed by atoms with Crippen molar-refractivity contribution in [3.8, 4) is 0 Å². The van der Waals surface area contributed by atoms with Gasteiger partial charge in [-0.05, 0) is 51.0 Å². The summed E-state index contributed by atoms with van der Waals surface area (Å²) in [7, 11) is 0. The molecule has 1 aromatic heterocycles. The summed E-state index contributed by atoms with van der Waals surface area (Å²) in [6.45, 7) is 5.00. The normalized spacial score (nSPS) is 14.4. The van der Waals surface area contributed by atoms with Gasteiger partial charge in [-0.3, -0.25) is 9.59 Å². The van der Waals surface area contributed by atoms with E-state index in [2.05, 4.69) is 10.5 Å². The van der Waals surface area contributed by atoms with Crippen molar-refractivity contribution in [3.05, 3.63) is 77.2 Å². The third kappa shape index (κ3) is 5.05. The molecule has 2 heterocycles. The molecule has 32 heavy (non-hydrogen) atoms. The Hall–Kier alpha value is -3.06. The first kappa shape index (κ1) is 22.1. The van der Waals surface area contributed by atoms with Crippen molar-refractivity contribution < 1.29 is 14.1 Å². The number of aryl methyl sites for hydroxylation is 2. The summed E-state index contributed by atoms with van der Waals surface area (Å²) in [6.07, 6.45) is 1.33. The maximum Gasteiger partial charge on any atom is 0.254 e. The van der Waals surface area contributed by atoms with Gasteiger partial charge in [-0.25, -0.2) is 0 Å². The van der Waals surface area contributed by atoms with Crippen LogP contribution in [0.3, 0.4) is 0 Å². The second-order valence-corrected chi connectivity index (χ2v) is 9.03. The third-order valence-corrected chi connectivity index (χ3v) is 6.96. The Bertz CT molecular complexity index is 1070. The number of carbonyl (C=O) groups excluding carboxylic acids is 2. The smallest absolute Gasteiger partial charge is 0.254 e. The van der Waals surface area contributed by atoms with Crippen LogP contribution in [0.15, 0.2) is 64.0 Å². The van der Waals surface area contributed by atoms with Crippen LogP contribution in [0, 0.1) is 19.8 Å². The zero-order valence-corrected chi connectivity index (χ0v) is 19.2. The Morgan fingerprint density at radius 3 is 2.44 bits per heavy atom. The van der Waals surface area contributed by atoms with E-state index < -0.39 is 0 Å². The molecule has 0 atom stereocenters. The number of rotatable bonds is 6. The molecule has 6 nitrogen and oxygen atoms in total. The van der Waals surface area contributed by atoms with E-state index >= 15 is 0 Å². The molecule has 0 aliphatic carbocycles. The van der Waals surface area contributed by atoms with Gasteiger partial charge in [0.1, 0.15) is 5.76 Å². The Kier molecular flexibility index (Phi) is 6.95. The molecule has 166 valence electrons. The minimum atomic E-state index is -0.0802. The van der Waals surface area contributed by atoms with Crippen molar-refractivity contribution in [2.75, 3.05) is 18.4 Å². The van der Waals surface area contributed by atoms with Gasteiger partial charge in [0.05, 0.1) is 11.3 Å². The van der Waals surface area contributed by atoms with Crippen LogP contribution in [-0.2, 0) is 10.5 Å². The lowest BCUT2D eigenvalue weighted by Gasteiger charge is -2.31. The largest absolute Gasteiger partial charge is 0.361 e. The zero-order chi connectivity index (χ0) is 22.5. The predicted molar refractivity (Wildman–Crippen MR) is 126 cm³/mol. The molecule has 0 radical (unpaired) electrons. The highest BCUT2D eigenvalue weighted by Crippen LogP contribution is 2.30. The molecule has 3 aromatic rings. The summed E-state index contributed by atoms with van der Waals surface area (Å²) >= 11 is 1.62. The van der Waals surface area contributed by atoms with Crippen LogP contribution in [-0.4, -0.2) is 35.0 Å². The SMILES string of the molecule is Cc1noc(C)c1CSc1ccccc1C(=O)N1CCC(C(=O)Nc2ccccc2)CC1. The number of likely N-dealkylation sites (tertiary alicyclic amines) is 1. The van der Waals surface area contributed by atoms with Gasteiger partial charge in [-0.15, -0.1) is 11.8 Å². The van der Waals surface area contributed by atoms with Gasteiger partial charge in [-0.2, -0.15) is 0 Å². The van der Waals surface area contributed by atoms with Crippen molar-refractivity contribution in [1.29, 1.82) is 0 Å². The first-order valence-electron chi connectivity index (χ1n) is 10.8. The lowest BCUT2D eigenvalue weighted by Crippen LogP contribution is -2.41. The lowest BCUT2D eigenvalue weighted by atomic mass is 9.95. The first-order valence-corrected chi connectivity index (χ1v) is 11.8. The van der Waals surface area contributed by atoms with E-state index in [1.54, 1.807) is 11.8 Å². The molecule has 2 aromatic carbocycles. The minimum absolute atomic E-state index is 0.0220. The Morgan fingerprint density at radius 2 is 1.75 bits per heavy atom. The summed E-state index contributed by atoms with van der Waals surface area (Å²) in [5.41, 5.74) is 3.47. The number of para-hydroxylation sites is 1. The number of piperidine rings is 1. The summed E-state index contributed by atoms with van der Waals surface area (Å²) < 4.78 is 5.25. The van der Waals surface area contributed by atoms with Crippen LogP contribution >= 0.6 is 11.8 Å². The van der Waals surface area contributed by atoms with Gasteiger partial charge in [0.25, 0.3) is 5.91 Å². The fraction of sp³-hybridized carbons (Fsp3) is 0.320. The van der Waals surface area contributed by atoms with Crippen LogP contribution in [0.2, 0.25) is 0 Å². The Balaban J connectivity index is 1.36. The van der Waals surface area contributed by atoms with E-state index in [9.17, 15) is 9.59 Å². The second-order valence-electron chi connectivity index (χ2n) is 8.01. The topological polar surface area (TPSA) is 75.4 Å². The number of aromatic nitrogens is 1. The summed E-state index contributed by atoms with van der Waals surface area (Å²) in [5, 5.41) is 6.99. The van der Waals surface area contributed by atoms with Crippen LogP contribution in [0.5, 0.6) is 0 Å². The minimum Gasteiger partial charge on any atom is -0.361 e. The Morgan fingerprint density at radius 1 is 1.06 bits per heavy atom. The lowest BCUT2D eigenvalue weighted by molar-refractivity contribution is -0.121. The maximum atomic E-state index is 13.3. The van der Waals surface area contributed by atoms with Gasteiger partial charge in [-0.1, -0.05) is 35.5 Å². The van der Waals surface area contributed by atoms with Crippen molar-refractivity contribution in [1.82, 2.24) is 10.1 Å². The van der Waals surface area contributed by atoms with Crippen molar-refractivity contribution in [2.45, 2.75) is 37.3 Å². The van der Waals surface area contributed by atoms with Gasteiger partial charge in [0, 0.05) is 40.9 Å². The number of nitrogens with one attached hydrogen (secondary N) is 1. The third-order valence-electron chi connectivity index (χ3n) is 5.86. The number of nitrogens with zero attached hydrogens (tertiary/aromatic N) is 2. The predicted octanol–water partition coefficient (Wildman–Crippen LogP) is 5.07. The quantitative estimate of drug-likeness (QED) is 0.532. The average molecular weight is 450 g/mol. The van der Waals surface area contributed by atoms with E-state index in [4.69, 9.17) is 4.52 Å². The summed E-state index contributed by atoms with van der Waals surface area (Å²) in [6, 6.07) is 17.2. The highest BCUT2D eigenvalue weighted by atomic mass is 32.2. The molecule has 1 aliphatic heterocycles. The fourth-order valence-electron chi connectivity index (χ4n) is 3.91. The molecule has 0 spiro atoms. The van der Waals surface area contributed by atoms with Crippen LogP contribution in [0.4, 0.5) is 5.69 Å². The van der Waals surface area contributed by atoms with E-state index in [1.807, 2.05) is 73.3 Å². The van der Waals surface area contributed by atoms with Crippen molar-refractivity contribution >= 4 is 29.3 Å².